The van der Waals surface area contributed by atoms with Crippen LogP contribution in [-0.4, -0.2) is 7.11 Å². The highest BCUT2D eigenvalue weighted by Crippen LogP contribution is 2.39. The zero-order valence-electron chi connectivity index (χ0n) is 6.95. The normalized spacial score (nSPS) is 11.6. The fourth-order valence-electron chi connectivity index (χ4n) is 0.955. The summed E-state index contributed by atoms with van der Waals surface area (Å²) in [4.78, 5) is 0. The Labute approximate surface area is 85.8 Å². The molecule has 0 aliphatic rings. The summed E-state index contributed by atoms with van der Waals surface area (Å²) in [6, 6.07) is 1.74. The van der Waals surface area contributed by atoms with Crippen LogP contribution in [0, 0.1) is 5.82 Å². The van der Waals surface area contributed by atoms with Crippen molar-refractivity contribution in [1.82, 2.24) is 0 Å². The molecule has 1 nitrogen and oxygen atoms in total. The van der Waals surface area contributed by atoms with Crippen LogP contribution in [0.3, 0.4) is 0 Å². The Morgan fingerprint density at radius 1 is 1.29 bits per heavy atom. The van der Waals surface area contributed by atoms with E-state index >= 15 is 0 Å². The second kappa shape index (κ2) is 3.76. The monoisotopic (exact) mass is 272 g/mol. The average Bonchev–Trinajstić information content (AvgIpc) is 2.07. The Hall–Kier alpha value is -0.780. The van der Waals surface area contributed by atoms with Crippen LogP contribution in [0.25, 0.3) is 0 Å². The number of halogens is 5. The number of benzene rings is 1. The van der Waals surface area contributed by atoms with Crippen molar-refractivity contribution in [2.75, 3.05) is 7.11 Å². The molecule has 1 aromatic rings. The fourth-order valence-corrected chi connectivity index (χ4v) is 1.27. The molecule has 0 radical (unpaired) electrons. The minimum absolute atomic E-state index is 0.0673. The first kappa shape index (κ1) is 11.3. The van der Waals surface area contributed by atoms with Gasteiger partial charge in [-0.05, 0) is 28.1 Å². The van der Waals surface area contributed by atoms with Gasteiger partial charge in [0.25, 0.3) is 0 Å². The Kier molecular flexibility index (Phi) is 3.04. The van der Waals surface area contributed by atoms with E-state index < -0.39 is 23.3 Å². The van der Waals surface area contributed by atoms with E-state index in [1.165, 1.54) is 0 Å². The second-order valence-electron chi connectivity index (χ2n) is 2.44. The topological polar surface area (TPSA) is 9.23 Å². The van der Waals surface area contributed by atoms with Gasteiger partial charge in [-0.2, -0.15) is 13.2 Å². The summed E-state index contributed by atoms with van der Waals surface area (Å²) in [5.41, 5.74) is -1.12. The van der Waals surface area contributed by atoms with Gasteiger partial charge in [0.15, 0.2) is 11.6 Å². The van der Waals surface area contributed by atoms with E-state index in [1.807, 2.05) is 0 Å². The molecule has 0 amide bonds. The third kappa shape index (κ3) is 2.00. The van der Waals surface area contributed by atoms with Gasteiger partial charge in [0.2, 0.25) is 0 Å². The van der Waals surface area contributed by atoms with E-state index in [1.54, 1.807) is 0 Å². The van der Waals surface area contributed by atoms with E-state index in [-0.39, 0.29) is 4.47 Å². The molecule has 0 saturated heterocycles. The van der Waals surface area contributed by atoms with Crippen LogP contribution < -0.4 is 4.74 Å². The summed E-state index contributed by atoms with van der Waals surface area (Å²) in [5, 5.41) is 0. The summed E-state index contributed by atoms with van der Waals surface area (Å²) in [5.74, 6) is -1.85. The number of ether oxygens (including phenoxy) is 1. The molecule has 0 spiro atoms. The standard InChI is InChI=1S/C8H5BrF4O/c1-14-7-4(8(11,12)13)2-3-5(9)6(7)10/h2-3H,1H3. The molecule has 0 unspecified atom stereocenters. The fraction of sp³-hybridized carbons (Fsp3) is 0.250. The van der Waals surface area contributed by atoms with Crippen LogP contribution in [0.2, 0.25) is 0 Å². The number of methoxy groups -OCH3 is 1. The minimum Gasteiger partial charge on any atom is -0.493 e. The molecule has 1 aromatic carbocycles. The van der Waals surface area contributed by atoms with Gasteiger partial charge in [0, 0.05) is 0 Å². The van der Waals surface area contributed by atoms with E-state index in [0.29, 0.717) is 0 Å². The van der Waals surface area contributed by atoms with Crippen molar-refractivity contribution in [1.29, 1.82) is 0 Å². The van der Waals surface area contributed by atoms with Crippen molar-refractivity contribution < 1.29 is 22.3 Å². The van der Waals surface area contributed by atoms with Crippen LogP contribution in [0.5, 0.6) is 5.75 Å². The molecule has 0 aliphatic carbocycles. The van der Waals surface area contributed by atoms with Gasteiger partial charge in [-0.25, -0.2) is 4.39 Å². The Balaban J connectivity index is 3.39. The van der Waals surface area contributed by atoms with Crippen LogP contribution in [0.4, 0.5) is 17.6 Å². The molecule has 0 N–H and O–H groups in total. The molecule has 78 valence electrons. The van der Waals surface area contributed by atoms with Gasteiger partial charge in [-0.1, -0.05) is 0 Å². The van der Waals surface area contributed by atoms with Crippen molar-refractivity contribution in [2.24, 2.45) is 0 Å². The first-order valence-electron chi connectivity index (χ1n) is 3.47. The van der Waals surface area contributed by atoms with Crippen molar-refractivity contribution in [3.05, 3.63) is 28.0 Å². The summed E-state index contributed by atoms with van der Waals surface area (Å²) in [6.07, 6.45) is -4.62. The molecule has 0 heterocycles. The van der Waals surface area contributed by atoms with E-state index in [4.69, 9.17) is 0 Å². The van der Waals surface area contributed by atoms with Crippen molar-refractivity contribution in [3.8, 4) is 5.75 Å². The van der Waals surface area contributed by atoms with Crippen LogP contribution >= 0.6 is 15.9 Å². The molecule has 0 saturated carbocycles. The predicted molar refractivity (Wildman–Crippen MR) is 45.7 cm³/mol. The van der Waals surface area contributed by atoms with Crippen molar-refractivity contribution in [2.45, 2.75) is 6.18 Å². The van der Waals surface area contributed by atoms with Crippen LogP contribution in [0.15, 0.2) is 16.6 Å². The van der Waals surface area contributed by atoms with Gasteiger partial charge >= 0.3 is 6.18 Å². The highest BCUT2D eigenvalue weighted by Gasteiger charge is 2.36. The quantitative estimate of drug-likeness (QED) is 0.710. The molecule has 1 rings (SSSR count). The minimum atomic E-state index is -4.62. The predicted octanol–water partition coefficient (Wildman–Crippen LogP) is 3.62. The summed E-state index contributed by atoms with van der Waals surface area (Å²) in [6.45, 7) is 0. The van der Waals surface area contributed by atoms with E-state index in [0.717, 1.165) is 19.2 Å². The van der Waals surface area contributed by atoms with Gasteiger partial charge < -0.3 is 4.74 Å². The molecule has 0 aliphatic heterocycles. The van der Waals surface area contributed by atoms with E-state index in [9.17, 15) is 17.6 Å². The smallest absolute Gasteiger partial charge is 0.420 e. The third-order valence-corrected chi connectivity index (χ3v) is 2.17. The molecule has 0 atom stereocenters. The number of hydrogen-bond donors (Lipinski definition) is 0. The number of rotatable bonds is 1. The van der Waals surface area contributed by atoms with Gasteiger partial charge in [0.1, 0.15) is 5.56 Å². The molecule has 0 aromatic heterocycles. The van der Waals surface area contributed by atoms with Crippen LogP contribution in [0.1, 0.15) is 5.56 Å². The average molecular weight is 273 g/mol. The molecule has 0 fully saturated rings. The van der Waals surface area contributed by atoms with E-state index in [2.05, 4.69) is 20.7 Å². The SMILES string of the molecule is COc1c(C(F)(F)F)ccc(Br)c1F. The number of alkyl halides is 3. The summed E-state index contributed by atoms with van der Waals surface area (Å²) >= 11 is 2.77. The highest BCUT2D eigenvalue weighted by molar-refractivity contribution is 9.10. The maximum absolute atomic E-state index is 13.1. The first-order chi connectivity index (χ1) is 6.38. The van der Waals surface area contributed by atoms with Crippen LogP contribution in [-0.2, 0) is 6.18 Å². The lowest BCUT2D eigenvalue weighted by atomic mass is 10.2. The lowest BCUT2D eigenvalue weighted by Crippen LogP contribution is -2.08. The number of hydrogen-bond acceptors (Lipinski definition) is 1. The Morgan fingerprint density at radius 3 is 2.29 bits per heavy atom. The van der Waals surface area contributed by atoms with Gasteiger partial charge in [0.05, 0.1) is 11.6 Å². The maximum Gasteiger partial charge on any atom is 0.420 e. The summed E-state index contributed by atoms with van der Waals surface area (Å²) in [7, 11) is 0.986. The summed E-state index contributed by atoms with van der Waals surface area (Å²) < 4.78 is 54.3. The maximum atomic E-state index is 13.1. The van der Waals surface area contributed by atoms with Gasteiger partial charge in [-0.3, -0.25) is 0 Å². The third-order valence-electron chi connectivity index (χ3n) is 1.56. The molecule has 6 heteroatoms. The lowest BCUT2D eigenvalue weighted by molar-refractivity contribution is -0.139. The highest BCUT2D eigenvalue weighted by atomic mass is 79.9. The second-order valence-corrected chi connectivity index (χ2v) is 3.29. The lowest BCUT2D eigenvalue weighted by Gasteiger charge is -2.12. The molecule has 14 heavy (non-hydrogen) atoms. The zero-order valence-corrected chi connectivity index (χ0v) is 8.54. The zero-order chi connectivity index (χ0) is 10.9. The van der Waals surface area contributed by atoms with Crippen molar-refractivity contribution in [3.63, 3.8) is 0 Å². The Morgan fingerprint density at radius 2 is 1.86 bits per heavy atom. The van der Waals surface area contributed by atoms with Crippen molar-refractivity contribution >= 4 is 15.9 Å². The largest absolute Gasteiger partial charge is 0.493 e. The molecular formula is C8H5BrF4O. The first-order valence-corrected chi connectivity index (χ1v) is 4.26. The van der Waals surface area contributed by atoms with Gasteiger partial charge in [-0.15, -0.1) is 0 Å². The Bertz CT molecular complexity index is 348. The molecular weight excluding hydrogens is 268 g/mol. The molecule has 0 bridgehead atoms.